The van der Waals surface area contributed by atoms with Crippen molar-refractivity contribution in [1.82, 2.24) is 19.4 Å². The number of carboxylic acid groups (broad SMARTS) is 1. The first-order valence-corrected chi connectivity index (χ1v) is 11.8. The lowest BCUT2D eigenvalue weighted by Gasteiger charge is -2.30. The van der Waals surface area contributed by atoms with Crippen molar-refractivity contribution in [2.75, 3.05) is 6.54 Å². The van der Waals surface area contributed by atoms with Crippen LogP contribution in [0, 0.1) is 5.92 Å². The normalized spacial score (nSPS) is 13.1. The number of carboxylic acids is 1. The molecule has 0 aromatic carbocycles. The van der Waals surface area contributed by atoms with Gasteiger partial charge in [-0.2, -0.15) is 0 Å². The number of pyridine rings is 1. The fourth-order valence-corrected chi connectivity index (χ4v) is 3.17. The number of hydrogen-bond acceptors (Lipinski definition) is 7. The highest BCUT2D eigenvalue weighted by molar-refractivity contribution is 6.14. The lowest BCUT2D eigenvalue weighted by atomic mass is 9.99. The van der Waals surface area contributed by atoms with E-state index in [0.29, 0.717) is 12.2 Å². The minimum atomic E-state index is -1.13. The molecule has 36 heavy (non-hydrogen) atoms. The number of nitrogens with zero attached hydrogens (tertiary/aromatic N) is 4. The largest absolute Gasteiger partial charge is 0.478 e. The molecule has 1 atom stereocenters. The Hall–Kier alpha value is -3.69. The summed E-state index contributed by atoms with van der Waals surface area (Å²) in [7, 11) is 0. The molecule has 0 fully saturated rings. The molecule has 2 amide bonds. The highest BCUT2D eigenvalue weighted by atomic mass is 16.6. The number of amides is 2. The molecular weight excluding hydrogens is 464 g/mol. The van der Waals surface area contributed by atoms with Crippen LogP contribution < -0.4 is 0 Å². The number of rotatable bonds is 8. The Labute approximate surface area is 211 Å². The van der Waals surface area contributed by atoms with E-state index in [1.165, 1.54) is 6.33 Å². The van der Waals surface area contributed by atoms with Crippen LogP contribution in [0.5, 0.6) is 0 Å². The summed E-state index contributed by atoms with van der Waals surface area (Å²) in [5.74, 6) is -0.762. The smallest absolute Gasteiger partial charge is 0.419 e. The molecular formula is C26H36N4O6. The lowest BCUT2D eigenvalue weighted by Crippen LogP contribution is -2.45. The first-order valence-electron chi connectivity index (χ1n) is 11.8. The number of carbonyl (C=O) groups excluding carboxylic acids is 2. The number of carbonyl (C=O) groups is 3. The van der Waals surface area contributed by atoms with Gasteiger partial charge in [0.05, 0.1) is 11.3 Å². The zero-order valence-corrected chi connectivity index (χ0v) is 22.0. The van der Waals surface area contributed by atoms with Gasteiger partial charge in [-0.25, -0.2) is 29.3 Å². The standard InChI is InChI=1S/C26H36N4O6/c1-8-18(15-30(23(33)35-25(2,3)4)24(34)36-26(5,6)7)12-13-19(22(31)32)20-16-29(17-28-20)21-11-9-10-14-27-21/h9-11,13-14,16-18H,8,12,15H2,1-7H3,(H,31,32)/b19-13-/t18-/m1/s1. The van der Waals surface area contributed by atoms with E-state index in [0.717, 1.165) is 4.90 Å². The molecule has 2 aromatic heterocycles. The van der Waals surface area contributed by atoms with Crippen molar-refractivity contribution in [3.63, 3.8) is 0 Å². The van der Waals surface area contributed by atoms with E-state index in [1.807, 2.05) is 13.0 Å². The highest BCUT2D eigenvalue weighted by Crippen LogP contribution is 2.22. The molecule has 0 aliphatic carbocycles. The molecule has 196 valence electrons. The predicted molar refractivity (Wildman–Crippen MR) is 135 cm³/mol. The Kier molecular flexibility index (Phi) is 9.38. The van der Waals surface area contributed by atoms with Gasteiger partial charge in [-0.05, 0) is 66.0 Å². The molecule has 0 saturated heterocycles. The number of aromatic nitrogens is 3. The molecule has 10 heteroatoms. The number of ether oxygens (including phenoxy) is 2. The van der Waals surface area contributed by atoms with Crippen molar-refractivity contribution >= 4 is 23.7 Å². The first-order chi connectivity index (χ1) is 16.7. The van der Waals surface area contributed by atoms with Crippen molar-refractivity contribution in [2.24, 2.45) is 5.92 Å². The Bertz CT molecular complexity index is 1050. The lowest BCUT2D eigenvalue weighted by molar-refractivity contribution is -0.130. The van der Waals surface area contributed by atoms with Crippen LogP contribution in [0.1, 0.15) is 67.0 Å². The number of aliphatic carboxylic acids is 1. The van der Waals surface area contributed by atoms with Gasteiger partial charge in [0.25, 0.3) is 0 Å². The second-order valence-electron chi connectivity index (χ2n) is 10.4. The minimum absolute atomic E-state index is 0.00605. The van der Waals surface area contributed by atoms with Gasteiger partial charge in [0.1, 0.15) is 23.3 Å². The molecule has 0 aliphatic rings. The second kappa shape index (κ2) is 11.8. The summed E-state index contributed by atoms with van der Waals surface area (Å²) >= 11 is 0. The van der Waals surface area contributed by atoms with Crippen molar-refractivity contribution < 1.29 is 29.0 Å². The van der Waals surface area contributed by atoms with Crippen LogP contribution in [0.4, 0.5) is 9.59 Å². The van der Waals surface area contributed by atoms with E-state index < -0.39 is 29.4 Å². The van der Waals surface area contributed by atoms with Gasteiger partial charge >= 0.3 is 18.2 Å². The van der Waals surface area contributed by atoms with Crippen LogP contribution in [0.2, 0.25) is 0 Å². The highest BCUT2D eigenvalue weighted by Gasteiger charge is 2.32. The summed E-state index contributed by atoms with van der Waals surface area (Å²) in [6, 6.07) is 5.39. The van der Waals surface area contributed by atoms with E-state index in [4.69, 9.17) is 9.47 Å². The summed E-state index contributed by atoms with van der Waals surface area (Å²) in [6.07, 6.45) is 5.53. The molecule has 0 unspecified atom stereocenters. The van der Waals surface area contributed by atoms with Gasteiger partial charge in [0, 0.05) is 18.9 Å². The number of allylic oxidation sites excluding steroid dienone is 1. The van der Waals surface area contributed by atoms with Crippen molar-refractivity contribution in [2.45, 2.75) is 72.5 Å². The maximum absolute atomic E-state index is 12.8. The molecule has 2 heterocycles. The van der Waals surface area contributed by atoms with E-state index in [2.05, 4.69) is 9.97 Å². The van der Waals surface area contributed by atoms with Crippen LogP contribution in [0.25, 0.3) is 11.4 Å². The molecule has 0 bridgehead atoms. The maximum atomic E-state index is 12.8. The van der Waals surface area contributed by atoms with Crippen LogP contribution in [0.3, 0.4) is 0 Å². The van der Waals surface area contributed by atoms with E-state index in [1.54, 1.807) is 76.7 Å². The summed E-state index contributed by atoms with van der Waals surface area (Å²) in [6.45, 7) is 12.2. The van der Waals surface area contributed by atoms with E-state index >= 15 is 0 Å². The third-order valence-electron chi connectivity index (χ3n) is 4.90. The maximum Gasteiger partial charge on any atom is 0.419 e. The number of imide groups is 1. The van der Waals surface area contributed by atoms with Gasteiger partial charge < -0.3 is 14.6 Å². The van der Waals surface area contributed by atoms with Crippen molar-refractivity contribution in [3.8, 4) is 5.82 Å². The zero-order valence-electron chi connectivity index (χ0n) is 22.0. The van der Waals surface area contributed by atoms with Crippen LogP contribution in [-0.2, 0) is 14.3 Å². The summed E-state index contributed by atoms with van der Waals surface area (Å²) in [5, 5.41) is 9.81. The third-order valence-corrected chi connectivity index (χ3v) is 4.90. The number of hydrogen-bond donors (Lipinski definition) is 1. The topological polar surface area (TPSA) is 124 Å². The molecule has 2 rings (SSSR count). The van der Waals surface area contributed by atoms with Gasteiger partial charge in [-0.3, -0.25) is 4.57 Å². The molecule has 0 aliphatic heterocycles. The summed E-state index contributed by atoms with van der Waals surface area (Å²) in [4.78, 5) is 47.0. The Morgan fingerprint density at radius 1 is 1.06 bits per heavy atom. The van der Waals surface area contributed by atoms with Gasteiger partial charge in [0.15, 0.2) is 0 Å². The molecule has 2 aromatic rings. The zero-order chi connectivity index (χ0) is 27.1. The average Bonchev–Trinajstić information content (AvgIpc) is 3.23. The molecule has 0 saturated carbocycles. The van der Waals surface area contributed by atoms with Gasteiger partial charge in [0.2, 0.25) is 0 Å². The monoisotopic (exact) mass is 500 g/mol. The molecule has 0 radical (unpaired) electrons. The van der Waals surface area contributed by atoms with E-state index in [-0.39, 0.29) is 30.2 Å². The predicted octanol–water partition coefficient (Wildman–Crippen LogP) is 5.32. The number of imidazole rings is 1. The van der Waals surface area contributed by atoms with Crippen molar-refractivity contribution in [1.29, 1.82) is 0 Å². The first kappa shape index (κ1) is 28.5. The molecule has 10 nitrogen and oxygen atoms in total. The average molecular weight is 501 g/mol. The Morgan fingerprint density at radius 2 is 1.67 bits per heavy atom. The third kappa shape index (κ3) is 8.83. The molecule has 1 N–H and O–H groups in total. The minimum Gasteiger partial charge on any atom is -0.478 e. The second-order valence-corrected chi connectivity index (χ2v) is 10.4. The Morgan fingerprint density at radius 3 is 2.14 bits per heavy atom. The summed E-state index contributed by atoms with van der Waals surface area (Å²) in [5.41, 5.74) is -1.31. The van der Waals surface area contributed by atoms with Crippen molar-refractivity contribution in [3.05, 3.63) is 48.7 Å². The van der Waals surface area contributed by atoms with Gasteiger partial charge in [-0.15, -0.1) is 0 Å². The fraction of sp³-hybridized carbons (Fsp3) is 0.500. The quantitative estimate of drug-likeness (QED) is 0.483. The van der Waals surface area contributed by atoms with Crippen LogP contribution >= 0.6 is 0 Å². The van der Waals surface area contributed by atoms with E-state index in [9.17, 15) is 19.5 Å². The molecule has 0 spiro atoms. The van der Waals surface area contributed by atoms with Gasteiger partial charge in [-0.1, -0.05) is 25.5 Å². The summed E-state index contributed by atoms with van der Waals surface area (Å²) < 4.78 is 12.5. The fourth-order valence-electron chi connectivity index (χ4n) is 3.17. The SMILES string of the molecule is CC[C@H](C/C=C(\C(=O)O)c1cn(-c2ccccn2)cn1)CN(C(=O)OC(C)(C)C)C(=O)OC(C)(C)C. The Balaban J connectivity index is 2.25. The van der Waals surface area contributed by atoms with Crippen LogP contribution in [-0.4, -0.2) is 60.4 Å². The van der Waals surface area contributed by atoms with Crippen LogP contribution in [0.15, 0.2) is 43.0 Å².